The Balaban J connectivity index is 1.10. The predicted octanol–water partition coefficient (Wildman–Crippen LogP) is 12.6. The van der Waals surface area contributed by atoms with Crippen LogP contribution in [-0.4, -0.2) is 24.1 Å². The molecule has 270 valence electrons. The average Bonchev–Trinajstić information content (AvgIpc) is 3.80. The number of hydrogen-bond donors (Lipinski definition) is 0. The van der Waals surface area contributed by atoms with Gasteiger partial charge in [-0.1, -0.05) is 133 Å². The molecule has 0 saturated carbocycles. The van der Waals surface area contributed by atoms with Crippen LogP contribution in [0.15, 0.2) is 194 Å². The smallest absolute Gasteiger partial charge is 0.164 e. The van der Waals surface area contributed by atoms with E-state index in [-0.39, 0.29) is 0 Å². The molecule has 0 bridgehead atoms. The Labute approximate surface area is 334 Å². The molecule has 0 aliphatic carbocycles. The fraction of sp³-hybridized carbons (Fsp3) is 0. The monoisotopic (exact) mass is 740 g/mol. The van der Waals surface area contributed by atoms with Gasteiger partial charge in [0.1, 0.15) is 0 Å². The van der Waals surface area contributed by atoms with Crippen molar-refractivity contribution in [2.45, 2.75) is 0 Å². The van der Waals surface area contributed by atoms with Gasteiger partial charge in [-0.3, -0.25) is 0 Å². The number of nitriles is 1. The van der Waals surface area contributed by atoms with Gasteiger partial charge >= 0.3 is 0 Å². The molecule has 0 unspecified atom stereocenters. The maximum Gasteiger partial charge on any atom is 0.164 e. The molecular weight excluding hydrogens is 709 g/mol. The highest BCUT2D eigenvalue weighted by Gasteiger charge is 2.20. The lowest BCUT2D eigenvalue weighted by molar-refractivity contribution is 1.07. The SMILES string of the molecule is N#Cc1cc(-c2nc(-c3ccccc3)nc(-c3ccccc3)n2)ccc1-c1ccc2c(c1)c1cc3c4ccccc4n(-c4ccccc4)c3cc1n2-c1ccccc1. The third-order valence-electron chi connectivity index (χ3n) is 11.0. The van der Waals surface area contributed by atoms with Crippen LogP contribution in [0.25, 0.3) is 100 Å². The Morgan fingerprint density at radius 2 is 0.810 bits per heavy atom. The normalized spacial score (nSPS) is 11.4. The minimum atomic E-state index is 0.510. The summed E-state index contributed by atoms with van der Waals surface area (Å²) in [5.41, 5.74) is 11.6. The van der Waals surface area contributed by atoms with E-state index in [0.717, 1.165) is 72.0 Å². The van der Waals surface area contributed by atoms with Crippen molar-refractivity contribution in [3.05, 3.63) is 200 Å². The van der Waals surface area contributed by atoms with E-state index >= 15 is 0 Å². The molecule has 8 aromatic carbocycles. The molecule has 6 nitrogen and oxygen atoms in total. The van der Waals surface area contributed by atoms with Crippen LogP contribution in [0.2, 0.25) is 0 Å². The third kappa shape index (κ3) is 5.45. The molecule has 0 N–H and O–H groups in total. The van der Waals surface area contributed by atoms with Crippen molar-refractivity contribution in [3.8, 4) is 62.7 Å². The zero-order valence-electron chi connectivity index (χ0n) is 31.2. The molecule has 0 amide bonds. The number of benzene rings is 8. The summed E-state index contributed by atoms with van der Waals surface area (Å²) in [6.07, 6.45) is 0. The van der Waals surface area contributed by atoms with Crippen molar-refractivity contribution >= 4 is 43.6 Å². The quantitative estimate of drug-likeness (QED) is 0.170. The summed E-state index contributed by atoms with van der Waals surface area (Å²) in [6.45, 7) is 0. The van der Waals surface area contributed by atoms with Gasteiger partial charge in [-0.2, -0.15) is 5.26 Å². The first kappa shape index (κ1) is 33.2. The van der Waals surface area contributed by atoms with E-state index in [9.17, 15) is 5.26 Å². The summed E-state index contributed by atoms with van der Waals surface area (Å²) in [5.74, 6) is 1.66. The van der Waals surface area contributed by atoms with E-state index in [1.54, 1.807) is 0 Å². The van der Waals surface area contributed by atoms with E-state index in [4.69, 9.17) is 15.0 Å². The second-order valence-electron chi connectivity index (χ2n) is 14.4. The first-order valence-corrected chi connectivity index (χ1v) is 19.3. The third-order valence-corrected chi connectivity index (χ3v) is 11.0. The average molecular weight is 741 g/mol. The van der Waals surface area contributed by atoms with Gasteiger partial charge in [0.15, 0.2) is 17.5 Å². The molecule has 3 heterocycles. The molecule has 0 aliphatic rings. The highest BCUT2D eigenvalue weighted by atomic mass is 15.0. The highest BCUT2D eigenvalue weighted by molar-refractivity contribution is 6.19. The molecule has 0 fully saturated rings. The van der Waals surface area contributed by atoms with Crippen LogP contribution in [-0.2, 0) is 0 Å². The van der Waals surface area contributed by atoms with Crippen LogP contribution in [0, 0.1) is 11.3 Å². The largest absolute Gasteiger partial charge is 0.309 e. The van der Waals surface area contributed by atoms with Gasteiger partial charge in [-0.25, -0.2) is 15.0 Å². The number of aromatic nitrogens is 5. The van der Waals surface area contributed by atoms with Crippen molar-refractivity contribution in [3.63, 3.8) is 0 Å². The molecule has 0 radical (unpaired) electrons. The summed E-state index contributed by atoms with van der Waals surface area (Å²) in [6, 6.07) is 69.2. The van der Waals surface area contributed by atoms with Crippen molar-refractivity contribution in [2.75, 3.05) is 0 Å². The molecule has 0 spiro atoms. The van der Waals surface area contributed by atoms with E-state index in [1.165, 1.54) is 10.8 Å². The van der Waals surface area contributed by atoms with E-state index < -0.39 is 0 Å². The molecule has 3 aromatic heterocycles. The van der Waals surface area contributed by atoms with Crippen LogP contribution in [0.3, 0.4) is 0 Å². The Kier molecular flexibility index (Phi) is 7.76. The number of nitrogens with zero attached hydrogens (tertiary/aromatic N) is 6. The van der Waals surface area contributed by atoms with Crippen LogP contribution in [0.5, 0.6) is 0 Å². The number of para-hydroxylation sites is 3. The zero-order chi connectivity index (χ0) is 38.6. The van der Waals surface area contributed by atoms with Gasteiger partial charge in [0.05, 0.1) is 33.7 Å². The number of fused-ring (bicyclic) bond motifs is 6. The predicted molar refractivity (Wildman–Crippen MR) is 235 cm³/mol. The molecule has 11 aromatic rings. The Bertz CT molecular complexity index is 3320. The van der Waals surface area contributed by atoms with Crippen molar-refractivity contribution in [1.82, 2.24) is 24.1 Å². The molecule has 0 aliphatic heterocycles. The van der Waals surface area contributed by atoms with Crippen molar-refractivity contribution in [2.24, 2.45) is 0 Å². The van der Waals surface area contributed by atoms with Gasteiger partial charge in [0, 0.05) is 49.6 Å². The molecule has 58 heavy (non-hydrogen) atoms. The summed E-state index contributed by atoms with van der Waals surface area (Å²) in [7, 11) is 0. The molecule has 0 atom stereocenters. The van der Waals surface area contributed by atoms with Crippen LogP contribution in [0.4, 0.5) is 0 Å². The zero-order valence-corrected chi connectivity index (χ0v) is 31.2. The topological polar surface area (TPSA) is 72.3 Å². The summed E-state index contributed by atoms with van der Waals surface area (Å²) < 4.78 is 4.71. The van der Waals surface area contributed by atoms with Crippen LogP contribution < -0.4 is 0 Å². The Morgan fingerprint density at radius 1 is 0.345 bits per heavy atom. The van der Waals surface area contributed by atoms with Gasteiger partial charge in [-0.15, -0.1) is 0 Å². The molecule has 6 heteroatoms. The molecular formula is C52H32N6. The van der Waals surface area contributed by atoms with Crippen LogP contribution in [0.1, 0.15) is 5.56 Å². The minimum Gasteiger partial charge on any atom is -0.309 e. The van der Waals surface area contributed by atoms with Crippen LogP contribution >= 0.6 is 0 Å². The maximum absolute atomic E-state index is 10.7. The second kappa shape index (κ2) is 13.6. The minimum absolute atomic E-state index is 0.510. The van der Waals surface area contributed by atoms with E-state index in [1.807, 2.05) is 78.9 Å². The fourth-order valence-corrected chi connectivity index (χ4v) is 8.32. The van der Waals surface area contributed by atoms with Gasteiger partial charge in [-0.05, 0) is 71.8 Å². The summed E-state index contributed by atoms with van der Waals surface area (Å²) in [4.78, 5) is 14.7. The first-order valence-electron chi connectivity index (χ1n) is 19.3. The van der Waals surface area contributed by atoms with E-state index in [0.29, 0.717) is 23.0 Å². The Hall–Kier alpha value is -8.14. The van der Waals surface area contributed by atoms with E-state index in [2.05, 4.69) is 130 Å². The summed E-state index contributed by atoms with van der Waals surface area (Å²) >= 11 is 0. The molecule has 0 saturated heterocycles. The number of rotatable bonds is 6. The Morgan fingerprint density at radius 3 is 1.40 bits per heavy atom. The lowest BCUT2D eigenvalue weighted by Gasteiger charge is -2.11. The lowest BCUT2D eigenvalue weighted by Crippen LogP contribution is -2.00. The van der Waals surface area contributed by atoms with Crippen molar-refractivity contribution in [1.29, 1.82) is 5.26 Å². The number of hydrogen-bond acceptors (Lipinski definition) is 4. The second-order valence-corrected chi connectivity index (χ2v) is 14.4. The summed E-state index contributed by atoms with van der Waals surface area (Å²) in [5, 5.41) is 15.3. The first-order chi connectivity index (χ1) is 28.7. The standard InChI is InChI=1S/C52H32N6/c53-33-38-29-37(52-55-50(34-15-5-1-6-16-34)54-51(56-52)35-17-7-2-8-18-35)25-27-41(38)36-26-28-47-43(30-36)45-31-44-42-23-13-14-24-46(42)57(39-19-9-3-10-20-39)48(44)32-49(45)58(47)40-21-11-4-12-22-40/h1-32H. The highest BCUT2D eigenvalue weighted by Crippen LogP contribution is 2.41. The fourth-order valence-electron chi connectivity index (χ4n) is 8.32. The van der Waals surface area contributed by atoms with Gasteiger partial charge < -0.3 is 9.13 Å². The van der Waals surface area contributed by atoms with Gasteiger partial charge in [0.25, 0.3) is 0 Å². The lowest BCUT2D eigenvalue weighted by atomic mass is 9.96. The molecule has 11 rings (SSSR count). The maximum atomic E-state index is 10.7. The van der Waals surface area contributed by atoms with Gasteiger partial charge in [0.2, 0.25) is 0 Å². The van der Waals surface area contributed by atoms with Crippen molar-refractivity contribution < 1.29 is 0 Å².